The molecule has 0 spiro atoms. The molecular weight excluding hydrogens is 316 g/mol. The summed E-state index contributed by atoms with van der Waals surface area (Å²) in [4.78, 5) is 14.1. The number of hydrogen-bond donors (Lipinski definition) is 1. The summed E-state index contributed by atoms with van der Waals surface area (Å²) in [5.74, 6) is 0.131. The fraction of sp³-hybridized carbons (Fsp3) is 0.462. The number of hydrogen-bond acceptors (Lipinski definition) is 2. The van der Waals surface area contributed by atoms with E-state index >= 15 is 0 Å². The van der Waals surface area contributed by atoms with Crippen LogP contribution in [0.1, 0.15) is 19.8 Å². The van der Waals surface area contributed by atoms with E-state index in [0.717, 1.165) is 36.1 Å². The van der Waals surface area contributed by atoms with Crippen molar-refractivity contribution < 1.29 is 4.79 Å². The normalized spacial score (nSPS) is 19.6. The quantitative estimate of drug-likeness (QED) is 0.919. The van der Waals surface area contributed by atoms with Gasteiger partial charge in [-0.2, -0.15) is 0 Å². The molecule has 98 valence electrons. The maximum Gasteiger partial charge on any atom is 0.244 e. The summed E-state index contributed by atoms with van der Waals surface area (Å²) in [5, 5.41) is 3.91. The van der Waals surface area contributed by atoms with Gasteiger partial charge in [0.25, 0.3) is 0 Å². The van der Waals surface area contributed by atoms with Crippen LogP contribution in [0.15, 0.2) is 22.7 Å². The lowest BCUT2D eigenvalue weighted by Crippen LogP contribution is -2.38. The van der Waals surface area contributed by atoms with Gasteiger partial charge in [-0.1, -0.05) is 24.6 Å². The van der Waals surface area contributed by atoms with Gasteiger partial charge in [-0.15, -0.1) is 0 Å². The third kappa shape index (κ3) is 2.71. The third-order valence-corrected chi connectivity index (χ3v) is 4.44. The van der Waals surface area contributed by atoms with Gasteiger partial charge in [-0.3, -0.25) is 4.79 Å². The number of nitrogens with zero attached hydrogens (tertiary/aromatic N) is 1. The van der Waals surface area contributed by atoms with E-state index in [4.69, 9.17) is 11.6 Å². The monoisotopic (exact) mass is 330 g/mol. The summed E-state index contributed by atoms with van der Waals surface area (Å²) in [5.41, 5.74) is 0.855. The highest BCUT2D eigenvalue weighted by Crippen LogP contribution is 2.34. The number of anilines is 1. The van der Waals surface area contributed by atoms with Crippen LogP contribution in [-0.4, -0.2) is 25.0 Å². The molecule has 1 heterocycles. The zero-order valence-electron chi connectivity index (χ0n) is 10.2. The van der Waals surface area contributed by atoms with Crippen molar-refractivity contribution in [2.24, 2.45) is 0 Å². The van der Waals surface area contributed by atoms with E-state index in [1.54, 1.807) is 4.90 Å². The molecule has 18 heavy (non-hydrogen) atoms. The molecule has 1 aliphatic heterocycles. The largest absolute Gasteiger partial charge is 0.310 e. The van der Waals surface area contributed by atoms with Crippen molar-refractivity contribution in [3.8, 4) is 0 Å². The zero-order valence-corrected chi connectivity index (χ0v) is 12.6. The van der Waals surface area contributed by atoms with E-state index in [0.29, 0.717) is 5.02 Å². The predicted molar refractivity (Wildman–Crippen MR) is 78.2 cm³/mol. The SMILES string of the molecule is CCCNC1CCN(c2cccc(Cl)c2Br)C1=O. The van der Waals surface area contributed by atoms with Gasteiger partial charge in [0.2, 0.25) is 5.91 Å². The number of halogens is 2. The summed E-state index contributed by atoms with van der Waals surface area (Å²) in [6, 6.07) is 5.52. The van der Waals surface area contributed by atoms with Crippen LogP contribution in [0.4, 0.5) is 5.69 Å². The Hall–Kier alpha value is -0.580. The van der Waals surface area contributed by atoms with Gasteiger partial charge in [0, 0.05) is 6.54 Å². The summed E-state index contributed by atoms with van der Waals surface area (Å²) in [6.45, 7) is 3.71. The van der Waals surface area contributed by atoms with Crippen LogP contribution in [0.5, 0.6) is 0 Å². The second kappa shape index (κ2) is 6.04. The maximum atomic E-state index is 12.3. The Labute approximate surface area is 121 Å². The average Bonchev–Trinajstić information content (AvgIpc) is 2.72. The molecular formula is C13H16BrClN2O. The van der Waals surface area contributed by atoms with Crippen LogP contribution < -0.4 is 10.2 Å². The van der Waals surface area contributed by atoms with Crippen LogP contribution in [0, 0.1) is 0 Å². The van der Waals surface area contributed by atoms with Gasteiger partial charge >= 0.3 is 0 Å². The Bertz CT molecular complexity index is 453. The number of carbonyl (C=O) groups is 1. The second-order valence-electron chi connectivity index (χ2n) is 4.36. The fourth-order valence-corrected chi connectivity index (χ4v) is 2.78. The first-order chi connectivity index (χ1) is 8.65. The van der Waals surface area contributed by atoms with Crippen LogP contribution >= 0.6 is 27.5 Å². The van der Waals surface area contributed by atoms with Crippen LogP contribution in [0.2, 0.25) is 5.02 Å². The lowest BCUT2D eigenvalue weighted by atomic mass is 10.2. The molecule has 0 saturated carbocycles. The summed E-state index contributed by atoms with van der Waals surface area (Å²) < 4.78 is 0.788. The minimum atomic E-state index is -0.0594. The third-order valence-electron chi connectivity index (χ3n) is 3.07. The molecule has 0 aromatic heterocycles. The predicted octanol–water partition coefficient (Wildman–Crippen LogP) is 3.21. The summed E-state index contributed by atoms with van der Waals surface area (Å²) in [6.07, 6.45) is 1.88. The van der Waals surface area contributed by atoms with Crippen LogP contribution in [0.3, 0.4) is 0 Å². The molecule has 2 rings (SSSR count). The zero-order chi connectivity index (χ0) is 13.1. The smallest absolute Gasteiger partial charge is 0.244 e. The van der Waals surface area contributed by atoms with E-state index in [-0.39, 0.29) is 11.9 Å². The number of nitrogens with one attached hydrogen (secondary N) is 1. The van der Waals surface area contributed by atoms with E-state index in [9.17, 15) is 4.79 Å². The Morgan fingerprint density at radius 1 is 1.56 bits per heavy atom. The molecule has 1 fully saturated rings. The fourth-order valence-electron chi connectivity index (χ4n) is 2.13. The number of benzene rings is 1. The van der Waals surface area contributed by atoms with Crippen molar-refractivity contribution in [3.63, 3.8) is 0 Å². The number of rotatable bonds is 4. The van der Waals surface area contributed by atoms with Gasteiger partial charge < -0.3 is 10.2 Å². The van der Waals surface area contributed by atoms with E-state index in [1.807, 2.05) is 18.2 Å². The van der Waals surface area contributed by atoms with Crippen molar-refractivity contribution in [1.82, 2.24) is 5.32 Å². The van der Waals surface area contributed by atoms with E-state index in [1.165, 1.54) is 0 Å². The van der Waals surface area contributed by atoms with Crippen molar-refractivity contribution in [1.29, 1.82) is 0 Å². The molecule has 1 amide bonds. The highest BCUT2D eigenvalue weighted by atomic mass is 79.9. The Morgan fingerprint density at radius 3 is 3.06 bits per heavy atom. The maximum absolute atomic E-state index is 12.3. The van der Waals surface area contributed by atoms with Gasteiger partial charge in [0.1, 0.15) is 0 Å². The molecule has 1 N–H and O–H groups in total. The molecule has 0 radical (unpaired) electrons. The van der Waals surface area contributed by atoms with Gasteiger partial charge in [-0.05, 0) is 47.4 Å². The van der Waals surface area contributed by atoms with Crippen LogP contribution in [0.25, 0.3) is 0 Å². The number of amides is 1. The second-order valence-corrected chi connectivity index (χ2v) is 5.56. The van der Waals surface area contributed by atoms with E-state index < -0.39 is 0 Å². The topological polar surface area (TPSA) is 32.3 Å². The first-order valence-corrected chi connectivity index (χ1v) is 7.31. The minimum Gasteiger partial charge on any atom is -0.310 e. The summed E-state index contributed by atoms with van der Waals surface area (Å²) >= 11 is 9.50. The van der Waals surface area contributed by atoms with Gasteiger partial charge in [0.05, 0.1) is 21.2 Å². The standard InChI is InChI=1S/C13H16BrClN2O/c1-2-7-16-10-6-8-17(13(10)18)11-5-3-4-9(15)12(11)14/h3-5,10,16H,2,6-8H2,1H3. The molecule has 0 aliphatic carbocycles. The molecule has 1 aliphatic rings. The molecule has 5 heteroatoms. The Morgan fingerprint density at radius 2 is 2.33 bits per heavy atom. The van der Waals surface area contributed by atoms with Gasteiger partial charge in [0.15, 0.2) is 0 Å². The minimum absolute atomic E-state index is 0.0594. The molecule has 1 atom stereocenters. The molecule has 1 aromatic rings. The highest BCUT2D eigenvalue weighted by molar-refractivity contribution is 9.10. The van der Waals surface area contributed by atoms with Crippen molar-refractivity contribution >= 4 is 39.1 Å². The Kier molecular flexibility index (Phi) is 4.65. The molecule has 0 bridgehead atoms. The highest BCUT2D eigenvalue weighted by Gasteiger charge is 2.32. The average molecular weight is 332 g/mol. The lowest BCUT2D eigenvalue weighted by molar-refractivity contribution is -0.118. The molecule has 1 aromatic carbocycles. The molecule has 1 unspecified atom stereocenters. The van der Waals surface area contributed by atoms with Crippen LogP contribution in [-0.2, 0) is 4.79 Å². The lowest BCUT2D eigenvalue weighted by Gasteiger charge is -2.19. The summed E-state index contributed by atoms with van der Waals surface area (Å²) in [7, 11) is 0. The molecule has 3 nitrogen and oxygen atoms in total. The Balaban J connectivity index is 2.16. The van der Waals surface area contributed by atoms with Crippen molar-refractivity contribution in [2.45, 2.75) is 25.8 Å². The van der Waals surface area contributed by atoms with Gasteiger partial charge in [-0.25, -0.2) is 0 Å². The number of carbonyl (C=O) groups excluding carboxylic acids is 1. The molecule has 1 saturated heterocycles. The first-order valence-electron chi connectivity index (χ1n) is 6.14. The van der Waals surface area contributed by atoms with E-state index in [2.05, 4.69) is 28.2 Å². The van der Waals surface area contributed by atoms with Crippen molar-refractivity contribution in [2.75, 3.05) is 18.0 Å². The van der Waals surface area contributed by atoms with Crippen molar-refractivity contribution in [3.05, 3.63) is 27.7 Å². The first kappa shape index (κ1) is 13.8.